The van der Waals surface area contributed by atoms with E-state index in [4.69, 9.17) is 4.74 Å². The van der Waals surface area contributed by atoms with Crippen molar-refractivity contribution in [2.75, 3.05) is 19.7 Å². The lowest BCUT2D eigenvalue weighted by atomic mass is 9.74. The molecule has 0 spiro atoms. The maximum Gasteiger partial charge on any atom is 0.314 e. The van der Waals surface area contributed by atoms with Crippen LogP contribution in [0.4, 0.5) is 0 Å². The Hall–Kier alpha value is -2.69. The van der Waals surface area contributed by atoms with Gasteiger partial charge in [0.2, 0.25) is 0 Å². The van der Waals surface area contributed by atoms with Crippen molar-refractivity contribution < 1.29 is 14.3 Å². The Morgan fingerprint density at radius 1 is 1.22 bits per heavy atom. The number of benzene rings is 1. The van der Waals surface area contributed by atoms with Crippen LogP contribution in [0.5, 0.6) is 0 Å². The molecule has 0 unspecified atom stereocenters. The van der Waals surface area contributed by atoms with Gasteiger partial charge in [0, 0.05) is 25.5 Å². The molecule has 5 heteroatoms. The fourth-order valence-corrected chi connectivity index (χ4v) is 3.82. The summed E-state index contributed by atoms with van der Waals surface area (Å²) in [5.74, 6) is -0.293. The maximum atomic E-state index is 13.0. The number of aromatic nitrogens is 1. The zero-order valence-corrected chi connectivity index (χ0v) is 16.0. The molecule has 1 amide bonds. The van der Waals surface area contributed by atoms with Gasteiger partial charge in [0.05, 0.1) is 17.6 Å². The number of ether oxygens (including phenoxy) is 1. The second-order valence-electron chi connectivity index (χ2n) is 7.18. The van der Waals surface area contributed by atoms with Crippen molar-refractivity contribution in [2.45, 2.75) is 33.1 Å². The smallest absolute Gasteiger partial charge is 0.314 e. The molecule has 2 aromatic rings. The molecular formula is C22H26N2O3. The summed E-state index contributed by atoms with van der Waals surface area (Å²) in [6.07, 6.45) is 5.29. The Kier molecular flexibility index (Phi) is 5.89. The molecule has 0 aliphatic carbocycles. The maximum absolute atomic E-state index is 13.0. The quantitative estimate of drug-likeness (QED) is 0.761. The van der Waals surface area contributed by atoms with Crippen LogP contribution in [0, 0.1) is 12.3 Å². The number of carbonyl (C=O) groups is 2. The number of aryl methyl sites for hydroxylation is 1. The molecule has 1 aliphatic rings. The summed E-state index contributed by atoms with van der Waals surface area (Å²) >= 11 is 0. The van der Waals surface area contributed by atoms with Gasteiger partial charge in [-0.25, -0.2) is 0 Å². The molecule has 1 aliphatic heterocycles. The van der Waals surface area contributed by atoms with Crippen molar-refractivity contribution >= 4 is 11.9 Å². The van der Waals surface area contributed by atoms with E-state index in [1.165, 1.54) is 0 Å². The number of hydrogen-bond acceptors (Lipinski definition) is 4. The second-order valence-corrected chi connectivity index (χ2v) is 7.18. The van der Waals surface area contributed by atoms with E-state index in [1.54, 1.807) is 29.4 Å². The van der Waals surface area contributed by atoms with Crippen molar-refractivity contribution in [1.82, 2.24) is 9.88 Å². The Balaban J connectivity index is 1.89. The fraction of sp³-hybridized carbons (Fsp3) is 0.409. The monoisotopic (exact) mass is 366 g/mol. The highest BCUT2D eigenvalue weighted by Crippen LogP contribution is 2.36. The van der Waals surface area contributed by atoms with E-state index in [2.05, 4.69) is 24.0 Å². The summed E-state index contributed by atoms with van der Waals surface area (Å²) in [5, 5.41) is 0. The summed E-state index contributed by atoms with van der Waals surface area (Å²) in [4.78, 5) is 31.7. The first-order chi connectivity index (χ1) is 13.1. The van der Waals surface area contributed by atoms with Crippen molar-refractivity contribution in [3.63, 3.8) is 0 Å². The van der Waals surface area contributed by atoms with Crippen LogP contribution in [0.1, 0.15) is 41.3 Å². The number of pyridine rings is 1. The SMILES string of the molecule is CCOC(=O)[C@@]1(Cc2ccccc2C)CCCN(C(=O)c2cccnc2)C1. The molecule has 0 saturated carbocycles. The first-order valence-electron chi connectivity index (χ1n) is 9.47. The van der Waals surface area contributed by atoms with E-state index in [9.17, 15) is 9.59 Å². The van der Waals surface area contributed by atoms with E-state index in [0.29, 0.717) is 31.7 Å². The highest BCUT2D eigenvalue weighted by molar-refractivity contribution is 5.94. The number of piperidine rings is 1. The average Bonchev–Trinajstić information content (AvgIpc) is 2.70. The van der Waals surface area contributed by atoms with Crippen molar-refractivity contribution in [2.24, 2.45) is 5.41 Å². The van der Waals surface area contributed by atoms with Crippen molar-refractivity contribution in [3.8, 4) is 0 Å². The molecule has 1 aromatic carbocycles. The van der Waals surface area contributed by atoms with Crippen molar-refractivity contribution in [3.05, 3.63) is 65.5 Å². The van der Waals surface area contributed by atoms with Gasteiger partial charge in [-0.3, -0.25) is 14.6 Å². The Morgan fingerprint density at radius 2 is 2.04 bits per heavy atom. The van der Waals surface area contributed by atoms with Crippen LogP contribution in [0.3, 0.4) is 0 Å². The second kappa shape index (κ2) is 8.33. The molecule has 27 heavy (non-hydrogen) atoms. The standard InChI is InChI=1S/C22H26N2O3/c1-3-27-21(26)22(14-18-9-5-4-8-17(18)2)11-7-13-24(16-22)20(25)19-10-6-12-23-15-19/h4-6,8-10,12,15H,3,7,11,13-14,16H2,1-2H3/t22-/m1/s1. The van der Waals surface area contributed by atoms with E-state index in [-0.39, 0.29) is 11.9 Å². The van der Waals surface area contributed by atoms with E-state index >= 15 is 0 Å². The number of rotatable bonds is 5. The Morgan fingerprint density at radius 3 is 2.74 bits per heavy atom. The molecule has 1 fully saturated rings. The third kappa shape index (κ3) is 4.18. The summed E-state index contributed by atoms with van der Waals surface area (Å²) < 4.78 is 5.44. The number of esters is 1. The lowest BCUT2D eigenvalue weighted by molar-refractivity contribution is -0.158. The highest BCUT2D eigenvalue weighted by atomic mass is 16.5. The van der Waals surface area contributed by atoms with Gasteiger partial charge in [0.25, 0.3) is 5.91 Å². The van der Waals surface area contributed by atoms with Crippen LogP contribution in [-0.2, 0) is 16.0 Å². The van der Waals surface area contributed by atoms with Gasteiger partial charge in [-0.2, -0.15) is 0 Å². The fourth-order valence-electron chi connectivity index (χ4n) is 3.82. The lowest BCUT2D eigenvalue weighted by Gasteiger charge is -2.41. The first-order valence-corrected chi connectivity index (χ1v) is 9.47. The summed E-state index contributed by atoms with van der Waals surface area (Å²) in [5.41, 5.74) is 2.12. The molecule has 2 heterocycles. The largest absolute Gasteiger partial charge is 0.466 e. The van der Waals surface area contributed by atoms with Crippen LogP contribution in [0.15, 0.2) is 48.8 Å². The third-order valence-electron chi connectivity index (χ3n) is 5.27. The predicted molar refractivity (Wildman–Crippen MR) is 103 cm³/mol. The van der Waals surface area contributed by atoms with Crippen LogP contribution in [-0.4, -0.2) is 41.5 Å². The number of hydrogen-bond donors (Lipinski definition) is 0. The number of nitrogens with zero attached hydrogens (tertiary/aromatic N) is 2. The van der Waals surface area contributed by atoms with E-state index < -0.39 is 5.41 Å². The Bertz CT molecular complexity index is 806. The lowest BCUT2D eigenvalue weighted by Crippen LogP contribution is -2.51. The minimum absolute atomic E-state index is 0.0822. The summed E-state index contributed by atoms with van der Waals surface area (Å²) in [6.45, 7) is 5.22. The first kappa shape index (κ1) is 19.1. The van der Waals surface area contributed by atoms with Gasteiger partial charge in [-0.15, -0.1) is 0 Å². The van der Waals surface area contributed by atoms with Gasteiger partial charge in [0.15, 0.2) is 0 Å². The Labute approximate surface area is 160 Å². The molecule has 0 N–H and O–H groups in total. The summed E-state index contributed by atoms with van der Waals surface area (Å²) in [7, 11) is 0. The van der Waals surface area contributed by atoms with Gasteiger partial charge < -0.3 is 9.64 Å². The molecular weight excluding hydrogens is 340 g/mol. The van der Waals surface area contributed by atoms with Crippen LogP contribution in [0.2, 0.25) is 0 Å². The normalized spacial score (nSPS) is 19.6. The molecule has 3 rings (SSSR count). The van der Waals surface area contributed by atoms with Gasteiger partial charge >= 0.3 is 5.97 Å². The number of carbonyl (C=O) groups excluding carboxylic acids is 2. The number of amides is 1. The zero-order chi connectivity index (χ0) is 19.3. The van der Waals surface area contributed by atoms with Crippen LogP contribution < -0.4 is 0 Å². The molecule has 142 valence electrons. The zero-order valence-electron chi connectivity index (χ0n) is 16.0. The van der Waals surface area contributed by atoms with Gasteiger partial charge in [-0.1, -0.05) is 24.3 Å². The van der Waals surface area contributed by atoms with E-state index in [1.807, 2.05) is 19.1 Å². The third-order valence-corrected chi connectivity index (χ3v) is 5.27. The average molecular weight is 366 g/mol. The van der Waals surface area contributed by atoms with Gasteiger partial charge in [0.1, 0.15) is 0 Å². The van der Waals surface area contributed by atoms with Crippen LogP contribution in [0.25, 0.3) is 0 Å². The van der Waals surface area contributed by atoms with Crippen LogP contribution >= 0.6 is 0 Å². The molecule has 1 aromatic heterocycles. The summed E-state index contributed by atoms with van der Waals surface area (Å²) in [6, 6.07) is 11.6. The minimum Gasteiger partial charge on any atom is -0.466 e. The van der Waals surface area contributed by atoms with E-state index in [0.717, 1.165) is 24.0 Å². The molecule has 1 atom stereocenters. The molecule has 5 nitrogen and oxygen atoms in total. The molecule has 0 radical (unpaired) electrons. The predicted octanol–water partition coefficient (Wildman–Crippen LogP) is 3.42. The van der Waals surface area contributed by atoms with Gasteiger partial charge in [-0.05, 0) is 56.4 Å². The highest BCUT2D eigenvalue weighted by Gasteiger charge is 2.45. The minimum atomic E-state index is -0.710. The topological polar surface area (TPSA) is 59.5 Å². The van der Waals surface area contributed by atoms with Crippen molar-refractivity contribution in [1.29, 1.82) is 0 Å². The molecule has 1 saturated heterocycles. The number of likely N-dealkylation sites (tertiary alicyclic amines) is 1. The molecule has 0 bridgehead atoms.